The van der Waals surface area contributed by atoms with E-state index in [1.54, 1.807) is 6.07 Å². The third-order valence-electron chi connectivity index (χ3n) is 5.65. The van der Waals surface area contributed by atoms with Crippen LogP contribution in [0.4, 0.5) is 0 Å². The van der Waals surface area contributed by atoms with E-state index in [1.165, 1.54) is 11.3 Å². The molecule has 0 atom stereocenters. The standard InChI is InChI=1S/C27H22Cl2N2O/c28-21-14-19(15-22(29)16-21)18-32-30-25-12-7-13-26-24(25)17-27(20-8-3-1-4-9-20)31(26)23-10-5-2-6-11-23/h1-6,8-11,14-17H,7,12-13,18H2/b30-25-. The Balaban J connectivity index is 1.52. The monoisotopic (exact) mass is 460 g/mol. The van der Waals surface area contributed by atoms with Crippen LogP contribution in [0.25, 0.3) is 16.9 Å². The van der Waals surface area contributed by atoms with Gasteiger partial charge in [0.25, 0.3) is 0 Å². The fourth-order valence-corrected chi connectivity index (χ4v) is 4.84. The zero-order valence-corrected chi connectivity index (χ0v) is 19.0. The van der Waals surface area contributed by atoms with Gasteiger partial charge in [-0.2, -0.15) is 0 Å². The van der Waals surface area contributed by atoms with Crippen molar-refractivity contribution in [3.63, 3.8) is 0 Å². The lowest BCUT2D eigenvalue weighted by atomic mass is 9.95. The second-order valence-electron chi connectivity index (χ2n) is 7.87. The predicted molar refractivity (Wildman–Crippen MR) is 132 cm³/mol. The number of fused-ring (bicyclic) bond motifs is 1. The highest BCUT2D eigenvalue weighted by molar-refractivity contribution is 6.34. The number of rotatable bonds is 5. The van der Waals surface area contributed by atoms with E-state index >= 15 is 0 Å². The Bertz CT molecular complexity index is 1240. The summed E-state index contributed by atoms with van der Waals surface area (Å²) < 4.78 is 2.36. The molecule has 5 heteroatoms. The third-order valence-corrected chi connectivity index (χ3v) is 6.09. The third kappa shape index (κ3) is 4.32. The van der Waals surface area contributed by atoms with Gasteiger partial charge in [0.2, 0.25) is 0 Å². The minimum absolute atomic E-state index is 0.323. The molecule has 0 radical (unpaired) electrons. The molecule has 0 spiro atoms. The first kappa shape index (κ1) is 20.9. The first-order chi connectivity index (χ1) is 15.7. The fraction of sp³-hybridized carbons (Fsp3) is 0.148. The van der Waals surface area contributed by atoms with Crippen LogP contribution in [0.2, 0.25) is 10.0 Å². The average Bonchev–Trinajstić information content (AvgIpc) is 3.20. The van der Waals surface area contributed by atoms with Crippen molar-refractivity contribution in [2.24, 2.45) is 5.16 Å². The molecule has 0 unspecified atom stereocenters. The van der Waals surface area contributed by atoms with E-state index in [4.69, 9.17) is 28.0 Å². The van der Waals surface area contributed by atoms with Gasteiger partial charge >= 0.3 is 0 Å². The van der Waals surface area contributed by atoms with Crippen LogP contribution in [-0.4, -0.2) is 10.3 Å². The molecular weight excluding hydrogens is 439 g/mol. The molecule has 0 saturated carbocycles. The van der Waals surface area contributed by atoms with Crippen LogP contribution in [0.15, 0.2) is 90.1 Å². The van der Waals surface area contributed by atoms with Crippen molar-refractivity contribution in [3.8, 4) is 16.9 Å². The van der Waals surface area contributed by atoms with Gasteiger partial charge in [-0.1, -0.05) is 76.9 Å². The molecule has 0 bridgehead atoms. The molecule has 0 N–H and O–H groups in total. The average molecular weight is 461 g/mol. The summed E-state index contributed by atoms with van der Waals surface area (Å²) in [5.41, 5.74) is 7.81. The number of aromatic nitrogens is 1. The molecule has 0 fully saturated rings. The van der Waals surface area contributed by atoms with Gasteiger partial charge in [-0.25, -0.2) is 0 Å². The SMILES string of the molecule is Clc1cc(Cl)cc(CO/N=C2/CCCc3c2cc(-c2ccccc2)n3-c2ccccc2)c1. The normalized spacial score (nSPS) is 14.4. The van der Waals surface area contributed by atoms with Gasteiger partial charge in [0.1, 0.15) is 6.61 Å². The van der Waals surface area contributed by atoms with E-state index in [9.17, 15) is 0 Å². The highest BCUT2D eigenvalue weighted by Crippen LogP contribution is 2.34. The van der Waals surface area contributed by atoms with Crippen LogP contribution in [-0.2, 0) is 17.9 Å². The summed E-state index contributed by atoms with van der Waals surface area (Å²) in [7, 11) is 0. The molecule has 5 rings (SSSR count). The van der Waals surface area contributed by atoms with Gasteiger partial charge in [-0.05, 0) is 66.8 Å². The molecule has 1 aromatic heterocycles. The lowest BCUT2D eigenvalue weighted by Crippen LogP contribution is -2.14. The van der Waals surface area contributed by atoms with Gasteiger partial charge in [0.15, 0.2) is 0 Å². The van der Waals surface area contributed by atoms with Crippen molar-refractivity contribution in [2.75, 3.05) is 0 Å². The predicted octanol–water partition coefficient (Wildman–Crippen LogP) is 7.71. The van der Waals surface area contributed by atoms with E-state index in [0.29, 0.717) is 16.7 Å². The van der Waals surface area contributed by atoms with Crippen LogP contribution < -0.4 is 0 Å². The zero-order valence-electron chi connectivity index (χ0n) is 17.5. The van der Waals surface area contributed by atoms with Gasteiger partial charge in [0, 0.05) is 27.0 Å². The molecule has 1 aliphatic carbocycles. The van der Waals surface area contributed by atoms with Crippen LogP contribution in [0.5, 0.6) is 0 Å². The molecule has 4 aromatic rings. The number of benzene rings is 3. The van der Waals surface area contributed by atoms with E-state index in [1.807, 2.05) is 24.3 Å². The topological polar surface area (TPSA) is 26.5 Å². The smallest absolute Gasteiger partial charge is 0.142 e. The van der Waals surface area contributed by atoms with Crippen molar-refractivity contribution < 1.29 is 4.84 Å². The highest BCUT2D eigenvalue weighted by atomic mass is 35.5. The Morgan fingerprint density at radius 2 is 1.50 bits per heavy atom. The molecule has 3 aromatic carbocycles. The molecule has 32 heavy (non-hydrogen) atoms. The molecule has 1 aliphatic rings. The van der Waals surface area contributed by atoms with Gasteiger partial charge in [-0.15, -0.1) is 0 Å². The number of para-hydroxylation sites is 1. The maximum absolute atomic E-state index is 6.10. The summed E-state index contributed by atoms with van der Waals surface area (Å²) in [4.78, 5) is 5.75. The van der Waals surface area contributed by atoms with Crippen molar-refractivity contribution in [2.45, 2.75) is 25.9 Å². The Labute approximate surface area is 197 Å². The van der Waals surface area contributed by atoms with Crippen LogP contribution in [0.3, 0.4) is 0 Å². The first-order valence-corrected chi connectivity index (χ1v) is 11.4. The number of hydrogen-bond donors (Lipinski definition) is 0. The van der Waals surface area contributed by atoms with Crippen molar-refractivity contribution in [3.05, 3.63) is 112 Å². The molecule has 0 saturated heterocycles. The largest absolute Gasteiger partial charge is 0.391 e. The first-order valence-electron chi connectivity index (χ1n) is 10.7. The van der Waals surface area contributed by atoms with Crippen molar-refractivity contribution >= 4 is 28.9 Å². The summed E-state index contributed by atoms with van der Waals surface area (Å²) in [6, 6.07) is 28.6. The summed E-state index contributed by atoms with van der Waals surface area (Å²) >= 11 is 12.2. The maximum Gasteiger partial charge on any atom is 0.142 e. The van der Waals surface area contributed by atoms with E-state index < -0.39 is 0 Å². The van der Waals surface area contributed by atoms with E-state index in [2.05, 4.69) is 64.3 Å². The lowest BCUT2D eigenvalue weighted by molar-refractivity contribution is 0.130. The zero-order chi connectivity index (χ0) is 21.9. The second-order valence-corrected chi connectivity index (χ2v) is 8.74. The van der Waals surface area contributed by atoms with Crippen LogP contribution >= 0.6 is 23.2 Å². The van der Waals surface area contributed by atoms with Crippen LogP contribution in [0, 0.1) is 0 Å². The highest BCUT2D eigenvalue weighted by Gasteiger charge is 2.24. The summed E-state index contributed by atoms with van der Waals surface area (Å²) in [6.07, 6.45) is 2.92. The summed E-state index contributed by atoms with van der Waals surface area (Å²) in [5, 5.41) is 5.73. The fourth-order valence-electron chi connectivity index (χ4n) is 4.27. The Hall–Kier alpha value is -3.01. The Morgan fingerprint density at radius 3 is 2.22 bits per heavy atom. The number of hydrogen-bond acceptors (Lipinski definition) is 2. The Kier molecular flexibility index (Phi) is 6.02. The summed E-state index contributed by atoms with van der Waals surface area (Å²) in [6.45, 7) is 0.323. The summed E-state index contributed by atoms with van der Waals surface area (Å²) in [5.74, 6) is 0. The molecule has 0 aliphatic heterocycles. The van der Waals surface area contributed by atoms with Gasteiger partial charge in [-0.3, -0.25) is 0 Å². The molecule has 3 nitrogen and oxygen atoms in total. The minimum atomic E-state index is 0.323. The molecule has 0 amide bonds. The maximum atomic E-state index is 6.10. The Morgan fingerprint density at radius 1 is 0.812 bits per heavy atom. The number of oxime groups is 1. The van der Waals surface area contributed by atoms with Crippen LogP contribution in [0.1, 0.15) is 29.7 Å². The van der Waals surface area contributed by atoms with Crippen molar-refractivity contribution in [1.82, 2.24) is 4.57 Å². The van der Waals surface area contributed by atoms with E-state index in [-0.39, 0.29) is 0 Å². The van der Waals surface area contributed by atoms with Gasteiger partial charge in [0.05, 0.1) is 11.4 Å². The second kappa shape index (κ2) is 9.23. The number of halogens is 2. The molecule has 160 valence electrons. The quantitative estimate of drug-likeness (QED) is 0.280. The number of nitrogens with zero attached hydrogens (tertiary/aromatic N) is 2. The van der Waals surface area contributed by atoms with Gasteiger partial charge < -0.3 is 9.40 Å². The molecular formula is C27H22Cl2N2O. The minimum Gasteiger partial charge on any atom is -0.391 e. The van der Waals surface area contributed by atoms with Crippen molar-refractivity contribution in [1.29, 1.82) is 0 Å². The molecule has 1 heterocycles. The van der Waals surface area contributed by atoms with E-state index in [0.717, 1.165) is 47.5 Å². The lowest BCUT2D eigenvalue weighted by Gasteiger charge is -2.18.